The lowest BCUT2D eigenvalue weighted by Crippen LogP contribution is -2.03. The summed E-state index contributed by atoms with van der Waals surface area (Å²) >= 11 is 0. The third-order valence-corrected chi connectivity index (χ3v) is 1.92. The Labute approximate surface area is 98.3 Å². The highest BCUT2D eigenvalue weighted by Crippen LogP contribution is 2.17. The van der Waals surface area contributed by atoms with E-state index in [4.69, 9.17) is 14.6 Å². The first-order chi connectivity index (χ1) is 8.13. The Morgan fingerprint density at radius 3 is 2.65 bits per heavy atom. The summed E-state index contributed by atoms with van der Waals surface area (Å²) < 4.78 is 9.92. The van der Waals surface area contributed by atoms with Gasteiger partial charge in [0.25, 0.3) is 0 Å². The zero-order valence-corrected chi connectivity index (χ0v) is 9.25. The SMILES string of the molecule is COc1ccccc1COC(=O)/C=C/C(=O)O. The lowest BCUT2D eigenvalue weighted by molar-refractivity contribution is -0.139. The number of benzene rings is 1. The van der Waals surface area contributed by atoms with E-state index in [1.165, 1.54) is 7.11 Å². The van der Waals surface area contributed by atoms with E-state index < -0.39 is 11.9 Å². The summed E-state index contributed by atoms with van der Waals surface area (Å²) in [6.07, 6.45) is 1.59. The van der Waals surface area contributed by atoms with Gasteiger partial charge in [0, 0.05) is 17.7 Å². The maximum Gasteiger partial charge on any atom is 0.331 e. The quantitative estimate of drug-likeness (QED) is 0.617. The van der Waals surface area contributed by atoms with Crippen molar-refractivity contribution >= 4 is 11.9 Å². The molecule has 0 saturated carbocycles. The second-order valence-electron chi connectivity index (χ2n) is 3.09. The van der Waals surface area contributed by atoms with Crippen molar-refractivity contribution in [2.45, 2.75) is 6.61 Å². The van der Waals surface area contributed by atoms with Crippen molar-refractivity contribution in [3.63, 3.8) is 0 Å². The van der Waals surface area contributed by atoms with Gasteiger partial charge in [-0.3, -0.25) is 0 Å². The number of methoxy groups -OCH3 is 1. The number of rotatable bonds is 5. The van der Waals surface area contributed by atoms with Crippen LogP contribution in [0.1, 0.15) is 5.56 Å². The van der Waals surface area contributed by atoms with Crippen molar-refractivity contribution in [2.24, 2.45) is 0 Å². The summed E-state index contributed by atoms with van der Waals surface area (Å²) in [5.74, 6) is -1.29. The normalized spacial score (nSPS) is 10.2. The Hall–Kier alpha value is -2.30. The van der Waals surface area contributed by atoms with E-state index in [1.807, 2.05) is 0 Å². The molecule has 17 heavy (non-hydrogen) atoms. The second-order valence-corrected chi connectivity index (χ2v) is 3.09. The lowest BCUT2D eigenvalue weighted by Gasteiger charge is -2.07. The third-order valence-electron chi connectivity index (χ3n) is 1.92. The summed E-state index contributed by atoms with van der Waals surface area (Å²) in [6, 6.07) is 7.09. The van der Waals surface area contributed by atoms with Crippen LogP contribution >= 0.6 is 0 Å². The number of carboxylic acid groups (broad SMARTS) is 1. The van der Waals surface area contributed by atoms with Crippen LogP contribution in [0.25, 0.3) is 0 Å². The first-order valence-electron chi connectivity index (χ1n) is 4.83. The molecule has 5 nitrogen and oxygen atoms in total. The fraction of sp³-hybridized carbons (Fsp3) is 0.167. The predicted molar refractivity (Wildman–Crippen MR) is 59.6 cm³/mol. The van der Waals surface area contributed by atoms with E-state index in [0.29, 0.717) is 11.3 Å². The van der Waals surface area contributed by atoms with Crippen molar-refractivity contribution < 1.29 is 24.2 Å². The van der Waals surface area contributed by atoms with Gasteiger partial charge in [0.05, 0.1) is 7.11 Å². The van der Waals surface area contributed by atoms with Gasteiger partial charge in [0.15, 0.2) is 0 Å². The molecule has 0 unspecified atom stereocenters. The number of para-hydroxylation sites is 1. The summed E-state index contributed by atoms with van der Waals surface area (Å²) in [7, 11) is 1.52. The van der Waals surface area contributed by atoms with Crippen molar-refractivity contribution in [1.82, 2.24) is 0 Å². The molecule has 0 radical (unpaired) electrons. The Kier molecular flexibility index (Phi) is 4.75. The second kappa shape index (κ2) is 6.32. The minimum absolute atomic E-state index is 0.0345. The van der Waals surface area contributed by atoms with Crippen LogP contribution in [0, 0.1) is 0 Å². The molecule has 0 amide bonds. The summed E-state index contributed by atoms with van der Waals surface area (Å²) in [5.41, 5.74) is 0.715. The van der Waals surface area contributed by atoms with Gasteiger partial charge in [-0.1, -0.05) is 18.2 Å². The van der Waals surface area contributed by atoms with Crippen LogP contribution in [0.3, 0.4) is 0 Å². The van der Waals surface area contributed by atoms with Gasteiger partial charge in [0.1, 0.15) is 12.4 Å². The molecule has 0 aromatic heterocycles. The number of aliphatic carboxylic acids is 1. The van der Waals surface area contributed by atoms with Crippen LogP contribution in [-0.2, 0) is 20.9 Å². The van der Waals surface area contributed by atoms with Crippen LogP contribution in [-0.4, -0.2) is 24.2 Å². The van der Waals surface area contributed by atoms with Gasteiger partial charge in [-0.25, -0.2) is 9.59 Å². The van der Waals surface area contributed by atoms with E-state index in [9.17, 15) is 9.59 Å². The third kappa shape index (κ3) is 4.38. The number of esters is 1. The van der Waals surface area contributed by atoms with Crippen LogP contribution in [0.5, 0.6) is 5.75 Å². The van der Waals surface area contributed by atoms with E-state index in [0.717, 1.165) is 12.2 Å². The first-order valence-corrected chi connectivity index (χ1v) is 4.83. The van der Waals surface area contributed by atoms with Crippen LogP contribution in [0.4, 0.5) is 0 Å². The standard InChI is InChI=1S/C12H12O5/c1-16-10-5-3-2-4-9(10)8-17-12(15)7-6-11(13)14/h2-7H,8H2,1H3,(H,13,14)/b7-6+. The largest absolute Gasteiger partial charge is 0.496 e. The van der Waals surface area contributed by atoms with Gasteiger partial charge in [-0.2, -0.15) is 0 Å². The molecule has 1 aromatic carbocycles. The monoisotopic (exact) mass is 236 g/mol. The van der Waals surface area contributed by atoms with E-state index in [-0.39, 0.29) is 6.61 Å². The minimum atomic E-state index is -1.20. The lowest BCUT2D eigenvalue weighted by atomic mass is 10.2. The molecule has 90 valence electrons. The Balaban J connectivity index is 2.55. The van der Waals surface area contributed by atoms with Crippen molar-refractivity contribution in [2.75, 3.05) is 7.11 Å². The molecule has 0 aliphatic heterocycles. The zero-order chi connectivity index (χ0) is 12.7. The van der Waals surface area contributed by atoms with Crippen LogP contribution in [0.15, 0.2) is 36.4 Å². The fourth-order valence-electron chi connectivity index (χ4n) is 1.16. The molecule has 0 atom stereocenters. The van der Waals surface area contributed by atoms with Gasteiger partial charge in [-0.05, 0) is 6.07 Å². The van der Waals surface area contributed by atoms with Gasteiger partial charge in [-0.15, -0.1) is 0 Å². The highest BCUT2D eigenvalue weighted by atomic mass is 16.5. The van der Waals surface area contributed by atoms with Crippen molar-refractivity contribution in [1.29, 1.82) is 0 Å². The van der Waals surface area contributed by atoms with E-state index in [1.54, 1.807) is 24.3 Å². The van der Waals surface area contributed by atoms with E-state index in [2.05, 4.69) is 0 Å². The molecule has 0 fully saturated rings. The average molecular weight is 236 g/mol. The summed E-state index contributed by atoms with van der Waals surface area (Å²) in [4.78, 5) is 21.3. The van der Waals surface area contributed by atoms with Gasteiger partial charge < -0.3 is 14.6 Å². The summed E-state index contributed by atoms with van der Waals surface area (Å²) in [6.45, 7) is 0.0345. The number of carboxylic acids is 1. The Bertz CT molecular complexity index is 436. The first kappa shape index (κ1) is 12.8. The van der Waals surface area contributed by atoms with Crippen molar-refractivity contribution in [3.05, 3.63) is 42.0 Å². The molecule has 5 heteroatoms. The Morgan fingerprint density at radius 2 is 2.00 bits per heavy atom. The fourth-order valence-corrected chi connectivity index (χ4v) is 1.16. The van der Waals surface area contributed by atoms with Crippen LogP contribution in [0.2, 0.25) is 0 Å². The van der Waals surface area contributed by atoms with E-state index >= 15 is 0 Å². The maximum absolute atomic E-state index is 11.1. The molecule has 1 N–H and O–H groups in total. The molecular weight excluding hydrogens is 224 g/mol. The number of hydrogen-bond donors (Lipinski definition) is 1. The van der Waals surface area contributed by atoms with Crippen molar-refractivity contribution in [3.8, 4) is 5.75 Å². The molecule has 0 spiro atoms. The predicted octanol–water partition coefficient (Wildman–Crippen LogP) is 1.38. The minimum Gasteiger partial charge on any atom is -0.496 e. The molecular formula is C12H12O5. The maximum atomic E-state index is 11.1. The number of ether oxygens (including phenoxy) is 2. The van der Waals surface area contributed by atoms with Crippen LogP contribution < -0.4 is 4.74 Å². The molecule has 0 aliphatic carbocycles. The summed E-state index contributed by atoms with van der Waals surface area (Å²) in [5, 5.41) is 8.32. The molecule has 0 aliphatic rings. The smallest absolute Gasteiger partial charge is 0.331 e. The molecule has 0 bridgehead atoms. The highest BCUT2D eigenvalue weighted by Gasteiger charge is 2.04. The molecule has 1 aromatic rings. The average Bonchev–Trinajstić information content (AvgIpc) is 2.34. The molecule has 0 heterocycles. The number of hydrogen-bond acceptors (Lipinski definition) is 4. The van der Waals surface area contributed by atoms with Gasteiger partial charge in [0.2, 0.25) is 0 Å². The molecule has 0 saturated heterocycles. The van der Waals surface area contributed by atoms with Gasteiger partial charge >= 0.3 is 11.9 Å². The topological polar surface area (TPSA) is 72.8 Å². The molecule has 1 rings (SSSR count). The Morgan fingerprint density at radius 1 is 1.29 bits per heavy atom. The number of carbonyl (C=O) groups is 2. The zero-order valence-electron chi connectivity index (χ0n) is 9.25. The highest BCUT2D eigenvalue weighted by molar-refractivity contribution is 5.90. The number of carbonyl (C=O) groups excluding carboxylic acids is 1.